The largest absolute Gasteiger partial charge is 0.0654 e. The number of hydrogen-bond donors (Lipinski definition) is 0. The van der Waals surface area contributed by atoms with Crippen molar-refractivity contribution in [3.63, 3.8) is 0 Å². The van der Waals surface area contributed by atoms with E-state index < -0.39 is 0 Å². The first-order chi connectivity index (χ1) is 9.86. The smallest absolute Gasteiger partial charge is 0.0245 e. The van der Waals surface area contributed by atoms with E-state index in [1.807, 2.05) is 0 Å². The molecule has 0 unspecified atom stereocenters. The van der Waals surface area contributed by atoms with E-state index in [1.54, 1.807) is 0 Å². The molecule has 0 amide bonds. The van der Waals surface area contributed by atoms with Crippen LogP contribution < -0.4 is 0 Å². The van der Waals surface area contributed by atoms with Crippen molar-refractivity contribution in [2.45, 2.75) is 84.0 Å². The van der Waals surface area contributed by atoms with E-state index in [0.717, 1.165) is 0 Å². The maximum atomic E-state index is 5.61. The van der Waals surface area contributed by atoms with E-state index in [2.05, 4.69) is 31.2 Å². The summed E-state index contributed by atoms with van der Waals surface area (Å²) in [6.07, 6.45) is 16.0. The van der Waals surface area contributed by atoms with Crippen LogP contribution in [-0.4, -0.2) is 0 Å². The second-order valence-corrected chi connectivity index (χ2v) is 5.95. The molecule has 0 heteroatoms. The van der Waals surface area contributed by atoms with E-state index in [4.69, 9.17) is 6.92 Å². The molecule has 112 valence electrons. The van der Waals surface area contributed by atoms with Gasteiger partial charge < -0.3 is 0 Å². The molecule has 1 aromatic carbocycles. The average Bonchev–Trinajstić information content (AvgIpc) is 2.50. The Labute approximate surface area is 127 Å². The minimum atomic E-state index is 0.651. The molecular weight excluding hydrogens is 240 g/mol. The maximum absolute atomic E-state index is 5.61. The summed E-state index contributed by atoms with van der Waals surface area (Å²) >= 11 is 0. The van der Waals surface area contributed by atoms with Crippen LogP contribution in [-0.2, 0) is 12.8 Å². The van der Waals surface area contributed by atoms with Crippen molar-refractivity contribution in [1.29, 1.82) is 0 Å². The van der Waals surface area contributed by atoms with Crippen LogP contribution in [0.15, 0.2) is 24.3 Å². The van der Waals surface area contributed by atoms with Gasteiger partial charge in [0.15, 0.2) is 0 Å². The van der Waals surface area contributed by atoms with Gasteiger partial charge >= 0.3 is 0 Å². The van der Waals surface area contributed by atoms with Crippen LogP contribution in [0.1, 0.15) is 82.3 Å². The molecule has 0 saturated heterocycles. The summed E-state index contributed by atoms with van der Waals surface area (Å²) in [5, 5.41) is 0. The average molecular weight is 272 g/mol. The molecule has 0 saturated carbocycles. The molecule has 0 atom stereocenters. The zero-order valence-corrected chi connectivity index (χ0v) is 13.4. The molecular formula is C20H32. The Hall–Kier alpha value is -0.780. The van der Waals surface area contributed by atoms with Crippen LogP contribution >= 0.6 is 0 Å². The number of hydrogen-bond acceptors (Lipinski definition) is 0. The quantitative estimate of drug-likeness (QED) is 0.386. The van der Waals surface area contributed by atoms with Crippen molar-refractivity contribution < 1.29 is 0 Å². The highest BCUT2D eigenvalue weighted by Crippen LogP contribution is 2.13. The van der Waals surface area contributed by atoms with E-state index >= 15 is 0 Å². The van der Waals surface area contributed by atoms with E-state index in [9.17, 15) is 0 Å². The first-order valence-electron chi connectivity index (χ1n) is 8.64. The molecule has 1 aromatic rings. The highest BCUT2D eigenvalue weighted by molar-refractivity contribution is 5.22. The summed E-state index contributed by atoms with van der Waals surface area (Å²) in [6, 6.07) is 8.78. The van der Waals surface area contributed by atoms with Gasteiger partial charge in [-0.1, -0.05) is 89.0 Å². The molecule has 0 aliphatic carbocycles. The fraction of sp³-hybridized carbons (Fsp3) is 0.650. The Morgan fingerprint density at radius 3 is 1.60 bits per heavy atom. The van der Waals surface area contributed by atoms with Crippen molar-refractivity contribution >= 4 is 0 Å². The topological polar surface area (TPSA) is 0 Å². The lowest BCUT2D eigenvalue weighted by atomic mass is 10.0. The first-order valence-corrected chi connectivity index (χ1v) is 8.64. The Bertz CT molecular complexity index is 309. The third-order valence-electron chi connectivity index (χ3n) is 4.08. The number of benzene rings is 1. The monoisotopic (exact) mass is 272 g/mol. The van der Waals surface area contributed by atoms with Gasteiger partial charge in [0.1, 0.15) is 0 Å². The molecule has 0 N–H and O–H groups in total. The zero-order valence-electron chi connectivity index (χ0n) is 13.4. The first kappa shape index (κ1) is 17.3. The van der Waals surface area contributed by atoms with Gasteiger partial charge in [-0.2, -0.15) is 0 Å². The van der Waals surface area contributed by atoms with Crippen LogP contribution in [0, 0.1) is 6.92 Å². The van der Waals surface area contributed by atoms with Crippen molar-refractivity contribution in [2.75, 3.05) is 0 Å². The van der Waals surface area contributed by atoms with Crippen LogP contribution in [0.25, 0.3) is 0 Å². The van der Waals surface area contributed by atoms with Gasteiger partial charge in [0.25, 0.3) is 0 Å². The predicted molar refractivity (Wildman–Crippen MR) is 90.0 cm³/mol. The standard InChI is InChI=1S/C20H32/c1-3-5-6-7-8-9-10-11-12-13-14-20-17-15-19(4-2)16-18-20/h2,15-18H,3-14H2,1H3. The summed E-state index contributed by atoms with van der Waals surface area (Å²) in [6.45, 7) is 7.89. The second-order valence-electron chi connectivity index (χ2n) is 5.95. The lowest BCUT2D eigenvalue weighted by Gasteiger charge is -2.04. The van der Waals surface area contributed by atoms with E-state index in [0.29, 0.717) is 6.42 Å². The lowest BCUT2D eigenvalue weighted by molar-refractivity contribution is 0.556. The Morgan fingerprint density at radius 2 is 1.10 bits per heavy atom. The zero-order chi connectivity index (χ0) is 14.5. The van der Waals surface area contributed by atoms with Crippen LogP contribution in [0.4, 0.5) is 0 Å². The maximum Gasteiger partial charge on any atom is -0.0245 e. The number of aryl methyl sites for hydroxylation is 1. The summed E-state index contributed by atoms with van der Waals surface area (Å²) in [5.74, 6) is 0. The van der Waals surface area contributed by atoms with Gasteiger partial charge in [0.2, 0.25) is 0 Å². The Balaban J connectivity index is 1.91. The SMILES string of the molecule is [CH]Cc1ccc(CCCCCCCCCCCC)cc1. The minimum Gasteiger partial charge on any atom is -0.0654 e. The lowest BCUT2D eigenvalue weighted by Crippen LogP contribution is -1.88. The molecule has 2 radical (unpaired) electrons. The highest BCUT2D eigenvalue weighted by atomic mass is 14.0. The van der Waals surface area contributed by atoms with Gasteiger partial charge in [0, 0.05) is 0 Å². The number of rotatable bonds is 12. The minimum absolute atomic E-state index is 0.651. The third-order valence-corrected chi connectivity index (χ3v) is 4.08. The van der Waals surface area contributed by atoms with Gasteiger partial charge in [-0.05, 0) is 37.3 Å². The Kier molecular flexibility index (Phi) is 10.4. The van der Waals surface area contributed by atoms with Crippen molar-refractivity contribution in [2.24, 2.45) is 0 Å². The summed E-state index contributed by atoms with van der Waals surface area (Å²) < 4.78 is 0. The molecule has 0 bridgehead atoms. The highest BCUT2D eigenvalue weighted by Gasteiger charge is 1.95. The molecule has 0 fully saturated rings. The summed E-state index contributed by atoms with van der Waals surface area (Å²) in [5.41, 5.74) is 2.69. The Morgan fingerprint density at radius 1 is 0.650 bits per heavy atom. The van der Waals surface area contributed by atoms with Gasteiger partial charge in [-0.25, -0.2) is 0 Å². The second kappa shape index (κ2) is 12.0. The number of unbranched alkanes of at least 4 members (excludes halogenated alkanes) is 9. The molecule has 20 heavy (non-hydrogen) atoms. The van der Waals surface area contributed by atoms with Crippen LogP contribution in [0.3, 0.4) is 0 Å². The van der Waals surface area contributed by atoms with Crippen LogP contribution in [0.5, 0.6) is 0 Å². The third kappa shape index (κ3) is 8.40. The molecule has 0 aromatic heterocycles. The van der Waals surface area contributed by atoms with E-state index in [-0.39, 0.29) is 0 Å². The van der Waals surface area contributed by atoms with Crippen LogP contribution in [0.2, 0.25) is 0 Å². The molecule has 0 heterocycles. The van der Waals surface area contributed by atoms with Gasteiger partial charge in [-0.3, -0.25) is 0 Å². The molecule has 0 nitrogen and oxygen atoms in total. The molecule has 0 aliphatic heterocycles. The molecule has 0 aliphatic rings. The summed E-state index contributed by atoms with van der Waals surface area (Å²) in [4.78, 5) is 0. The van der Waals surface area contributed by atoms with Crippen molar-refractivity contribution in [3.05, 3.63) is 42.3 Å². The normalized spacial score (nSPS) is 10.9. The summed E-state index contributed by atoms with van der Waals surface area (Å²) in [7, 11) is 0. The molecule has 1 rings (SSSR count). The predicted octanol–water partition coefficient (Wildman–Crippen LogP) is 6.40. The fourth-order valence-electron chi connectivity index (χ4n) is 2.66. The fourth-order valence-corrected chi connectivity index (χ4v) is 2.66. The van der Waals surface area contributed by atoms with Gasteiger partial charge in [-0.15, -0.1) is 0 Å². The van der Waals surface area contributed by atoms with Gasteiger partial charge in [0.05, 0.1) is 0 Å². The van der Waals surface area contributed by atoms with Crippen molar-refractivity contribution in [3.8, 4) is 0 Å². The van der Waals surface area contributed by atoms with E-state index in [1.165, 1.54) is 81.8 Å². The van der Waals surface area contributed by atoms with Crippen molar-refractivity contribution in [1.82, 2.24) is 0 Å². The molecule has 0 spiro atoms.